The summed E-state index contributed by atoms with van der Waals surface area (Å²) in [6.07, 6.45) is 0.511. The van der Waals surface area contributed by atoms with E-state index in [9.17, 15) is 9.90 Å². The van der Waals surface area contributed by atoms with Crippen molar-refractivity contribution in [3.63, 3.8) is 0 Å². The van der Waals surface area contributed by atoms with E-state index in [1.807, 2.05) is 27.9 Å². The van der Waals surface area contributed by atoms with Gasteiger partial charge in [0.2, 0.25) is 11.9 Å². The summed E-state index contributed by atoms with van der Waals surface area (Å²) in [5, 5.41) is 12.0. The van der Waals surface area contributed by atoms with Gasteiger partial charge in [0.15, 0.2) is 0 Å². The SMILES string of the molecule is Cc1nc(N[C@@H](CC(C)C)C(=O)O)nc(N(C)C)n1. The molecule has 1 rings (SSSR count). The number of nitrogens with one attached hydrogen (secondary N) is 1. The molecule has 0 aliphatic rings. The van der Waals surface area contributed by atoms with E-state index in [2.05, 4.69) is 20.3 Å². The van der Waals surface area contributed by atoms with Gasteiger partial charge in [0.1, 0.15) is 11.9 Å². The molecule has 1 heterocycles. The van der Waals surface area contributed by atoms with Gasteiger partial charge in [-0.3, -0.25) is 0 Å². The summed E-state index contributed by atoms with van der Waals surface area (Å²) in [4.78, 5) is 25.4. The number of aliphatic carboxylic acids is 1. The van der Waals surface area contributed by atoms with Gasteiger partial charge in [-0.2, -0.15) is 15.0 Å². The number of aromatic nitrogens is 3. The first-order chi connectivity index (χ1) is 8.79. The van der Waals surface area contributed by atoms with Crippen LogP contribution in [0.4, 0.5) is 11.9 Å². The zero-order valence-corrected chi connectivity index (χ0v) is 12.0. The molecule has 0 amide bonds. The third kappa shape index (κ3) is 4.69. The Balaban J connectivity index is 2.92. The maximum absolute atomic E-state index is 11.2. The fraction of sp³-hybridized carbons (Fsp3) is 0.667. The first-order valence-corrected chi connectivity index (χ1v) is 6.19. The second-order valence-corrected chi connectivity index (χ2v) is 5.07. The van der Waals surface area contributed by atoms with Crippen molar-refractivity contribution in [1.82, 2.24) is 15.0 Å². The van der Waals surface area contributed by atoms with Gasteiger partial charge in [-0.25, -0.2) is 4.79 Å². The number of hydrogen-bond acceptors (Lipinski definition) is 6. The molecule has 19 heavy (non-hydrogen) atoms. The molecule has 7 nitrogen and oxygen atoms in total. The molecular weight excluding hydrogens is 246 g/mol. The highest BCUT2D eigenvalue weighted by Crippen LogP contribution is 2.12. The zero-order valence-electron chi connectivity index (χ0n) is 12.0. The third-order valence-corrected chi connectivity index (χ3v) is 2.44. The van der Waals surface area contributed by atoms with Gasteiger partial charge in [-0.15, -0.1) is 0 Å². The van der Waals surface area contributed by atoms with E-state index in [0.717, 1.165) is 0 Å². The van der Waals surface area contributed by atoms with Crippen molar-refractivity contribution >= 4 is 17.9 Å². The Morgan fingerprint density at radius 2 is 1.95 bits per heavy atom. The van der Waals surface area contributed by atoms with Gasteiger partial charge >= 0.3 is 5.97 Å². The minimum Gasteiger partial charge on any atom is -0.480 e. The van der Waals surface area contributed by atoms with E-state index < -0.39 is 12.0 Å². The summed E-state index contributed by atoms with van der Waals surface area (Å²) in [6, 6.07) is -0.697. The average Bonchev–Trinajstić information content (AvgIpc) is 2.26. The Kier molecular flexibility index (Phi) is 5.02. The van der Waals surface area contributed by atoms with Crippen LogP contribution in [0, 0.1) is 12.8 Å². The lowest BCUT2D eigenvalue weighted by Gasteiger charge is -2.18. The molecule has 1 atom stereocenters. The fourth-order valence-electron chi connectivity index (χ4n) is 1.58. The highest BCUT2D eigenvalue weighted by atomic mass is 16.4. The summed E-state index contributed by atoms with van der Waals surface area (Å²) in [6.45, 7) is 5.70. The van der Waals surface area contributed by atoms with Crippen molar-refractivity contribution in [2.24, 2.45) is 5.92 Å². The Morgan fingerprint density at radius 1 is 1.32 bits per heavy atom. The quantitative estimate of drug-likeness (QED) is 0.799. The van der Waals surface area contributed by atoms with E-state index in [4.69, 9.17) is 0 Å². The van der Waals surface area contributed by atoms with Crippen LogP contribution in [0.3, 0.4) is 0 Å². The van der Waals surface area contributed by atoms with E-state index in [0.29, 0.717) is 24.1 Å². The van der Waals surface area contributed by atoms with Crippen LogP contribution in [-0.2, 0) is 4.79 Å². The fourth-order valence-corrected chi connectivity index (χ4v) is 1.58. The van der Waals surface area contributed by atoms with Gasteiger partial charge in [0.05, 0.1) is 0 Å². The minimum atomic E-state index is -0.904. The van der Waals surface area contributed by atoms with Gasteiger partial charge in [-0.1, -0.05) is 13.8 Å². The number of carboxylic acids is 1. The molecule has 0 aliphatic carbocycles. The molecule has 0 aliphatic heterocycles. The number of carboxylic acid groups (broad SMARTS) is 1. The van der Waals surface area contributed by atoms with E-state index in [-0.39, 0.29) is 5.92 Å². The molecule has 0 saturated heterocycles. The molecule has 0 fully saturated rings. The summed E-state index contributed by atoms with van der Waals surface area (Å²) < 4.78 is 0. The lowest BCUT2D eigenvalue weighted by molar-refractivity contribution is -0.138. The number of hydrogen-bond donors (Lipinski definition) is 2. The zero-order chi connectivity index (χ0) is 14.6. The summed E-state index contributed by atoms with van der Waals surface area (Å²) in [7, 11) is 3.64. The van der Waals surface area contributed by atoms with E-state index in [1.165, 1.54) is 0 Å². The molecule has 1 aromatic rings. The molecule has 0 bridgehead atoms. The Labute approximate surface area is 113 Å². The summed E-state index contributed by atoms with van der Waals surface area (Å²) >= 11 is 0. The second-order valence-electron chi connectivity index (χ2n) is 5.07. The highest BCUT2D eigenvalue weighted by molar-refractivity contribution is 5.76. The Bertz CT molecular complexity index is 448. The third-order valence-electron chi connectivity index (χ3n) is 2.44. The number of nitrogens with zero attached hydrogens (tertiary/aromatic N) is 4. The van der Waals surface area contributed by atoms with Crippen LogP contribution in [0.2, 0.25) is 0 Å². The molecule has 0 spiro atoms. The van der Waals surface area contributed by atoms with Gasteiger partial charge in [-0.05, 0) is 19.3 Å². The van der Waals surface area contributed by atoms with Crippen LogP contribution < -0.4 is 10.2 Å². The summed E-state index contributed by atoms with van der Waals surface area (Å²) in [5.74, 6) is 0.714. The molecule has 1 aromatic heterocycles. The molecular formula is C12H21N5O2. The standard InChI is InChI=1S/C12H21N5O2/c1-7(2)6-9(10(18)19)15-11-13-8(3)14-12(16-11)17(4)5/h7,9H,6H2,1-5H3,(H,18,19)(H,13,14,15,16)/t9-/m0/s1. The molecule has 0 saturated carbocycles. The van der Waals surface area contributed by atoms with E-state index in [1.54, 1.807) is 11.8 Å². The maximum atomic E-state index is 11.2. The topological polar surface area (TPSA) is 91.2 Å². The van der Waals surface area contributed by atoms with Crippen LogP contribution in [0.5, 0.6) is 0 Å². The van der Waals surface area contributed by atoms with E-state index >= 15 is 0 Å². The number of anilines is 2. The Hall–Kier alpha value is -1.92. The highest BCUT2D eigenvalue weighted by Gasteiger charge is 2.20. The van der Waals surface area contributed by atoms with Crippen LogP contribution >= 0.6 is 0 Å². The number of rotatable bonds is 6. The van der Waals surface area contributed by atoms with Crippen molar-refractivity contribution in [3.8, 4) is 0 Å². The molecule has 2 N–H and O–H groups in total. The predicted molar refractivity (Wildman–Crippen MR) is 73.4 cm³/mol. The molecule has 0 unspecified atom stereocenters. The van der Waals surface area contributed by atoms with Crippen molar-refractivity contribution in [2.45, 2.75) is 33.2 Å². The molecule has 106 valence electrons. The molecule has 0 radical (unpaired) electrons. The first kappa shape index (κ1) is 15.1. The predicted octanol–water partition coefficient (Wildman–Crippen LogP) is 1.16. The van der Waals surface area contributed by atoms with Crippen LogP contribution in [-0.4, -0.2) is 46.2 Å². The smallest absolute Gasteiger partial charge is 0.326 e. The average molecular weight is 267 g/mol. The second kappa shape index (κ2) is 6.31. The summed E-state index contributed by atoms with van der Waals surface area (Å²) in [5.41, 5.74) is 0. The number of aryl methyl sites for hydroxylation is 1. The van der Waals surface area contributed by atoms with Crippen LogP contribution in [0.15, 0.2) is 0 Å². The van der Waals surface area contributed by atoms with Crippen LogP contribution in [0.1, 0.15) is 26.1 Å². The van der Waals surface area contributed by atoms with Crippen molar-refractivity contribution in [2.75, 3.05) is 24.3 Å². The Morgan fingerprint density at radius 3 is 2.42 bits per heavy atom. The first-order valence-electron chi connectivity index (χ1n) is 6.19. The molecule has 0 aromatic carbocycles. The van der Waals surface area contributed by atoms with Crippen molar-refractivity contribution < 1.29 is 9.90 Å². The number of carbonyl (C=O) groups is 1. The monoisotopic (exact) mass is 267 g/mol. The largest absolute Gasteiger partial charge is 0.480 e. The van der Waals surface area contributed by atoms with Crippen LogP contribution in [0.25, 0.3) is 0 Å². The minimum absolute atomic E-state index is 0.268. The van der Waals surface area contributed by atoms with Crippen molar-refractivity contribution in [3.05, 3.63) is 5.82 Å². The maximum Gasteiger partial charge on any atom is 0.326 e. The lowest BCUT2D eigenvalue weighted by Crippen LogP contribution is -2.32. The lowest BCUT2D eigenvalue weighted by atomic mass is 10.0. The van der Waals surface area contributed by atoms with Gasteiger partial charge in [0.25, 0.3) is 0 Å². The van der Waals surface area contributed by atoms with Crippen molar-refractivity contribution in [1.29, 1.82) is 0 Å². The normalized spacial score (nSPS) is 12.3. The molecule has 7 heteroatoms. The van der Waals surface area contributed by atoms with Gasteiger partial charge < -0.3 is 15.3 Å². The van der Waals surface area contributed by atoms with Gasteiger partial charge in [0, 0.05) is 14.1 Å².